The lowest BCUT2D eigenvalue weighted by Gasteiger charge is -2.11. The van der Waals surface area contributed by atoms with Crippen molar-refractivity contribution >= 4 is 5.91 Å². The Bertz CT molecular complexity index is 1190. The van der Waals surface area contributed by atoms with Crippen molar-refractivity contribution in [3.8, 4) is 5.75 Å². The lowest BCUT2D eigenvalue weighted by atomic mass is 10.1. The van der Waals surface area contributed by atoms with Crippen LogP contribution in [0.25, 0.3) is 0 Å². The van der Waals surface area contributed by atoms with E-state index in [2.05, 4.69) is 15.5 Å². The van der Waals surface area contributed by atoms with Crippen LogP contribution in [0.3, 0.4) is 0 Å². The Morgan fingerprint density at radius 1 is 0.879 bits per heavy atom. The van der Waals surface area contributed by atoms with E-state index in [1.807, 2.05) is 60.7 Å². The van der Waals surface area contributed by atoms with E-state index in [0.717, 1.165) is 16.7 Å². The van der Waals surface area contributed by atoms with E-state index in [-0.39, 0.29) is 12.5 Å². The molecule has 33 heavy (non-hydrogen) atoms. The maximum atomic E-state index is 12.8. The predicted octanol–water partition coefficient (Wildman–Crippen LogP) is 4.60. The van der Waals surface area contributed by atoms with Gasteiger partial charge in [-0.3, -0.25) is 4.79 Å². The minimum Gasteiger partial charge on any atom is -0.485 e. The summed E-state index contributed by atoms with van der Waals surface area (Å²) in [4.78, 5) is 16.9. The molecule has 0 aliphatic heterocycles. The molecule has 0 fully saturated rings. The Morgan fingerprint density at radius 3 is 2.42 bits per heavy atom. The van der Waals surface area contributed by atoms with Crippen LogP contribution in [0.2, 0.25) is 0 Å². The lowest BCUT2D eigenvalue weighted by Crippen LogP contribution is -2.23. The summed E-state index contributed by atoms with van der Waals surface area (Å²) in [5.41, 5.74) is 3.62. The maximum Gasteiger partial charge on any atom is 0.255 e. The summed E-state index contributed by atoms with van der Waals surface area (Å²) in [5.74, 6) is 1.13. The smallest absolute Gasteiger partial charge is 0.255 e. The first-order chi connectivity index (χ1) is 16.2. The molecule has 0 saturated carbocycles. The van der Waals surface area contributed by atoms with Crippen molar-refractivity contribution in [2.75, 3.05) is 0 Å². The SMILES string of the molecule is Cc1nc(COc2ccccc2C(=O)NCc2cccc(COCc3ccccc3)c2)no1. The molecule has 1 heterocycles. The van der Waals surface area contributed by atoms with Gasteiger partial charge in [-0.1, -0.05) is 71.9 Å². The van der Waals surface area contributed by atoms with Gasteiger partial charge in [0.1, 0.15) is 5.75 Å². The first kappa shape index (κ1) is 22.2. The number of nitrogens with zero attached hydrogens (tertiary/aromatic N) is 2. The third kappa shape index (κ3) is 6.51. The van der Waals surface area contributed by atoms with Gasteiger partial charge in [0.2, 0.25) is 11.7 Å². The lowest BCUT2D eigenvalue weighted by molar-refractivity contribution is 0.0946. The molecule has 4 rings (SSSR count). The molecule has 0 saturated heterocycles. The number of carbonyl (C=O) groups excluding carboxylic acids is 1. The zero-order chi connectivity index (χ0) is 22.9. The average molecular weight is 444 g/mol. The van der Waals surface area contributed by atoms with Gasteiger partial charge in [-0.05, 0) is 28.8 Å². The van der Waals surface area contributed by atoms with Crippen LogP contribution < -0.4 is 10.1 Å². The molecular weight excluding hydrogens is 418 g/mol. The number of hydrogen-bond donors (Lipinski definition) is 1. The molecule has 168 valence electrons. The van der Waals surface area contributed by atoms with Crippen LogP contribution in [-0.4, -0.2) is 16.0 Å². The van der Waals surface area contributed by atoms with E-state index in [1.54, 1.807) is 25.1 Å². The van der Waals surface area contributed by atoms with Gasteiger partial charge in [-0.25, -0.2) is 0 Å². The number of rotatable bonds is 10. The third-order valence-electron chi connectivity index (χ3n) is 4.88. The molecule has 1 N–H and O–H groups in total. The number of nitrogens with one attached hydrogen (secondary N) is 1. The molecule has 3 aromatic carbocycles. The zero-order valence-electron chi connectivity index (χ0n) is 18.4. The van der Waals surface area contributed by atoms with E-state index >= 15 is 0 Å². The molecule has 0 radical (unpaired) electrons. The van der Waals surface area contributed by atoms with E-state index in [1.165, 1.54) is 0 Å². The Kier molecular flexibility index (Phi) is 7.45. The van der Waals surface area contributed by atoms with Crippen LogP contribution >= 0.6 is 0 Å². The van der Waals surface area contributed by atoms with Crippen LogP contribution in [0.1, 0.15) is 38.8 Å². The second kappa shape index (κ2) is 11.1. The van der Waals surface area contributed by atoms with Gasteiger partial charge in [0.15, 0.2) is 6.61 Å². The van der Waals surface area contributed by atoms with Crippen molar-refractivity contribution in [3.05, 3.63) is 113 Å². The van der Waals surface area contributed by atoms with Crippen LogP contribution in [0.5, 0.6) is 5.75 Å². The quantitative estimate of drug-likeness (QED) is 0.385. The van der Waals surface area contributed by atoms with Gasteiger partial charge in [-0.15, -0.1) is 0 Å². The number of aryl methyl sites for hydroxylation is 1. The molecule has 0 atom stereocenters. The molecule has 0 spiro atoms. The van der Waals surface area contributed by atoms with Crippen LogP contribution in [-0.2, 0) is 31.1 Å². The highest BCUT2D eigenvalue weighted by molar-refractivity contribution is 5.96. The van der Waals surface area contributed by atoms with E-state index < -0.39 is 0 Å². The summed E-state index contributed by atoms with van der Waals surface area (Å²) in [5, 5.41) is 6.76. The molecule has 0 bridgehead atoms. The highest BCUT2D eigenvalue weighted by Gasteiger charge is 2.13. The minimum absolute atomic E-state index is 0.118. The second-order valence-electron chi connectivity index (χ2n) is 7.50. The molecule has 7 heteroatoms. The second-order valence-corrected chi connectivity index (χ2v) is 7.50. The monoisotopic (exact) mass is 443 g/mol. The van der Waals surface area contributed by atoms with Crippen LogP contribution in [0, 0.1) is 6.92 Å². The molecule has 0 unspecified atom stereocenters. The number of amides is 1. The van der Waals surface area contributed by atoms with Crippen molar-refractivity contribution in [2.24, 2.45) is 0 Å². The fourth-order valence-electron chi connectivity index (χ4n) is 3.29. The van der Waals surface area contributed by atoms with Gasteiger partial charge < -0.3 is 19.3 Å². The fourth-order valence-corrected chi connectivity index (χ4v) is 3.29. The summed E-state index contributed by atoms with van der Waals surface area (Å²) in [7, 11) is 0. The normalized spacial score (nSPS) is 10.7. The molecule has 1 amide bonds. The molecular formula is C26H25N3O4. The van der Waals surface area contributed by atoms with Crippen LogP contribution in [0.15, 0.2) is 83.4 Å². The summed E-state index contributed by atoms with van der Waals surface area (Å²) < 4.78 is 16.5. The van der Waals surface area contributed by atoms with Crippen molar-refractivity contribution in [3.63, 3.8) is 0 Å². The topological polar surface area (TPSA) is 86.5 Å². The number of hydrogen-bond acceptors (Lipinski definition) is 6. The van der Waals surface area contributed by atoms with E-state index in [4.69, 9.17) is 14.0 Å². The summed E-state index contributed by atoms with van der Waals surface area (Å²) >= 11 is 0. The van der Waals surface area contributed by atoms with Crippen molar-refractivity contribution in [2.45, 2.75) is 33.3 Å². The largest absolute Gasteiger partial charge is 0.485 e. The first-order valence-electron chi connectivity index (χ1n) is 10.7. The number of carbonyl (C=O) groups is 1. The zero-order valence-corrected chi connectivity index (χ0v) is 18.4. The van der Waals surface area contributed by atoms with Crippen LogP contribution in [0.4, 0.5) is 0 Å². The molecule has 4 aromatic rings. The maximum absolute atomic E-state index is 12.8. The molecule has 0 aliphatic carbocycles. The Balaban J connectivity index is 1.31. The minimum atomic E-state index is -0.222. The fraction of sp³-hybridized carbons (Fsp3) is 0.192. The summed E-state index contributed by atoms with van der Waals surface area (Å²) in [6.07, 6.45) is 0. The van der Waals surface area contributed by atoms with Gasteiger partial charge in [0.25, 0.3) is 5.91 Å². The number of para-hydroxylation sites is 1. The Morgan fingerprint density at radius 2 is 1.61 bits per heavy atom. The standard InChI is InChI=1S/C26H25N3O4/c1-19-28-25(29-33-19)18-32-24-13-6-5-12-23(24)26(30)27-15-21-10-7-11-22(14-21)17-31-16-20-8-3-2-4-9-20/h2-14H,15-18H2,1H3,(H,27,30). The third-order valence-corrected chi connectivity index (χ3v) is 4.88. The van der Waals surface area contributed by atoms with Gasteiger partial charge in [0, 0.05) is 13.5 Å². The molecule has 7 nitrogen and oxygen atoms in total. The van der Waals surface area contributed by atoms with E-state index in [0.29, 0.717) is 42.8 Å². The van der Waals surface area contributed by atoms with Crippen molar-refractivity contribution in [1.82, 2.24) is 15.5 Å². The van der Waals surface area contributed by atoms with Gasteiger partial charge in [0.05, 0.1) is 18.8 Å². The van der Waals surface area contributed by atoms with E-state index in [9.17, 15) is 4.79 Å². The van der Waals surface area contributed by atoms with Gasteiger partial charge >= 0.3 is 0 Å². The Labute approximate surface area is 192 Å². The molecule has 0 aliphatic rings. The highest BCUT2D eigenvalue weighted by atomic mass is 16.5. The average Bonchev–Trinajstić information content (AvgIpc) is 3.27. The number of ether oxygens (including phenoxy) is 2. The first-order valence-corrected chi connectivity index (χ1v) is 10.7. The van der Waals surface area contributed by atoms with Crippen molar-refractivity contribution in [1.29, 1.82) is 0 Å². The van der Waals surface area contributed by atoms with Gasteiger partial charge in [-0.2, -0.15) is 4.98 Å². The Hall–Kier alpha value is -3.97. The summed E-state index contributed by atoms with van der Waals surface area (Å²) in [6.45, 7) is 3.28. The number of benzene rings is 3. The van der Waals surface area contributed by atoms with Crippen molar-refractivity contribution < 1.29 is 18.8 Å². The predicted molar refractivity (Wildman–Crippen MR) is 122 cm³/mol. The summed E-state index contributed by atoms with van der Waals surface area (Å²) in [6, 6.07) is 25.1. The molecule has 1 aromatic heterocycles. The highest BCUT2D eigenvalue weighted by Crippen LogP contribution is 2.19. The number of aromatic nitrogens is 2.